The lowest BCUT2D eigenvalue weighted by atomic mass is 9.98. The fourth-order valence-electron chi connectivity index (χ4n) is 1.80. The van der Waals surface area contributed by atoms with Gasteiger partial charge < -0.3 is 5.32 Å². The van der Waals surface area contributed by atoms with Crippen molar-refractivity contribution in [2.75, 3.05) is 6.54 Å². The van der Waals surface area contributed by atoms with E-state index in [0.29, 0.717) is 5.92 Å². The zero-order valence-corrected chi connectivity index (χ0v) is 11.3. The van der Waals surface area contributed by atoms with Gasteiger partial charge in [-0.15, -0.1) is 0 Å². The van der Waals surface area contributed by atoms with Crippen LogP contribution in [0.25, 0.3) is 0 Å². The Balaban J connectivity index is 2.73. The van der Waals surface area contributed by atoms with Crippen LogP contribution in [-0.4, -0.2) is 6.54 Å². The predicted molar refractivity (Wildman–Crippen MR) is 72.0 cm³/mol. The summed E-state index contributed by atoms with van der Waals surface area (Å²) in [7, 11) is 0. The van der Waals surface area contributed by atoms with E-state index in [1.807, 2.05) is 6.07 Å². The molecule has 0 aliphatic carbocycles. The molecule has 1 aromatic carbocycles. The molecule has 16 heavy (non-hydrogen) atoms. The number of benzene rings is 1. The molecule has 0 saturated carbocycles. The molecule has 0 aromatic heterocycles. The molecular weight excluding hydrogens is 218 g/mol. The number of hydrogen-bond acceptors (Lipinski definition) is 1. The molecule has 0 aliphatic heterocycles. The van der Waals surface area contributed by atoms with E-state index in [9.17, 15) is 0 Å². The Morgan fingerprint density at radius 2 is 2.00 bits per heavy atom. The fraction of sp³-hybridized carbons (Fsp3) is 0.571. The summed E-state index contributed by atoms with van der Waals surface area (Å²) in [6, 6.07) is 6.23. The van der Waals surface area contributed by atoms with Crippen molar-refractivity contribution in [1.82, 2.24) is 5.32 Å². The molecule has 0 heterocycles. The first-order valence-electron chi connectivity index (χ1n) is 6.11. The zero-order valence-electron chi connectivity index (χ0n) is 10.5. The molecule has 0 unspecified atom stereocenters. The second kappa shape index (κ2) is 6.93. The topological polar surface area (TPSA) is 12.0 Å². The molecule has 0 saturated heterocycles. The van der Waals surface area contributed by atoms with E-state index in [0.717, 1.165) is 24.5 Å². The summed E-state index contributed by atoms with van der Waals surface area (Å²) in [5, 5.41) is 4.27. The van der Waals surface area contributed by atoms with Crippen LogP contribution in [0.5, 0.6) is 0 Å². The first-order valence-corrected chi connectivity index (χ1v) is 6.49. The minimum atomic E-state index is 0.686. The predicted octanol–water partition coefficient (Wildman–Crippen LogP) is 4.04. The number of nitrogens with one attached hydrogen (secondary N) is 1. The van der Waals surface area contributed by atoms with E-state index in [4.69, 9.17) is 11.6 Å². The Labute approximate surface area is 104 Å². The van der Waals surface area contributed by atoms with Crippen molar-refractivity contribution < 1.29 is 0 Å². The highest BCUT2D eigenvalue weighted by molar-refractivity contribution is 6.30. The van der Waals surface area contributed by atoms with Crippen molar-refractivity contribution in [2.45, 2.75) is 40.2 Å². The maximum absolute atomic E-state index is 6.04. The minimum absolute atomic E-state index is 0.686. The van der Waals surface area contributed by atoms with Gasteiger partial charge in [-0.3, -0.25) is 0 Å². The first kappa shape index (κ1) is 13.5. The third kappa shape index (κ3) is 4.54. The van der Waals surface area contributed by atoms with E-state index in [1.165, 1.54) is 17.5 Å². The summed E-state index contributed by atoms with van der Waals surface area (Å²) < 4.78 is 0. The summed E-state index contributed by atoms with van der Waals surface area (Å²) in [5.74, 6) is 0.686. The van der Waals surface area contributed by atoms with Gasteiger partial charge in [0.05, 0.1) is 0 Å². The number of hydrogen-bond donors (Lipinski definition) is 1. The zero-order chi connectivity index (χ0) is 12.0. The van der Waals surface area contributed by atoms with Crippen molar-refractivity contribution in [3.8, 4) is 0 Å². The van der Waals surface area contributed by atoms with Gasteiger partial charge in [-0.2, -0.15) is 0 Å². The molecule has 0 spiro atoms. The normalized spacial score (nSPS) is 11.1. The van der Waals surface area contributed by atoms with Crippen molar-refractivity contribution in [3.05, 3.63) is 34.3 Å². The van der Waals surface area contributed by atoms with E-state index in [2.05, 4.69) is 38.2 Å². The molecule has 2 heteroatoms. The summed E-state index contributed by atoms with van der Waals surface area (Å²) in [5.41, 5.74) is 2.76. The lowest BCUT2D eigenvalue weighted by Crippen LogP contribution is -2.15. The van der Waals surface area contributed by atoms with Crippen molar-refractivity contribution in [1.29, 1.82) is 0 Å². The van der Waals surface area contributed by atoms with Crippen LogP contribution in [-0.2, 0) is 13.0 Å². The van der Waals surface area contributed by atoms with Crippen LogP contribution in [0.1, 0.15) is 38.3 Å². The lowest BCUT2D eigenvalue weighted by molar-refractivity contribution is 0.628. The molecule has 0 atom stereocenters. The molecule has 0 fully saturated rings. The van der Waals surface area contributed by atoms with Gasteiger partial charge in [0.2, 0.25) is 0 Å². The fourth-order valence-corrected chi connectivity index (χ4v) is 1.99. The van der Waals surface area contributed by atoms with Crippen LogP contribution in [0, 0.1) is 5.92 Å². The second-order valence-electron chi connectivity index (χ2n) is 4.69. The van der Waals surface area contributed by atoms with Crippen molar-refractivity contribution in [2.24, 2.45) is 5.92 Å². The third-order valence-electron chi connectivity index (χ3n) is 2.54. The molecular formula is C14H22ClN. The Morgan fingerprint density at radius 1 is 1.25 bits per heavy atom. The quantitative estimate of drug-likeness (QED) is 0.739. The molecule has 0 aliphatic rings. The third-order valence-corrected chi connectivity index (χ3v) is 2.77. The Morgan fingerprint density at radius 3 is 2.62 bits per heavy atom. The largest absolute Gasteiger partial charge is 0.313 e. The molecule has 0 bridgehead atoms. The molecule has 0 radical (unpaired) electrons. The van der Waals surface area contributed by atoms with E-state index >= 15 is 0 Å². The van der Waals surface area contributed by atoms with Gasteiger partial charge in [0.1, 0.15) is 0 Å². The van der Waals surface area contributed by atoms with Gasteiger partial charge in [0.15, 0.2) is 0 Å². The van der Waals surface area contributed by atoms with Gasteiger partial charge in [0.25, 0.3) is 0 Å². The maximum atomic E-state index is 6.04. The highest BCUT2D eigenvalue weighted by Gasteiger charge is 2.05. The standard InChI is InChI=1S/C14H22ClN/c1-4-7-16-10-13-9-14(15)6-5-12(13)8-11(2)3/h5-6,9,11,16H,4,7-8,10H2,1-3H3. The molecule has 1 N–H and O–H groups in total. The summed E-state index contributed by atoms with van der Waals surface area (Å²) >= 11 is 6.04. The summed E-state index contributed by atoms with van der Waals surface area (Å²) in [4.78, 5) is 0. The number of halogens is 1. The maximum Gasteiger partial charge on any atom is 0.0409 e. The van der Waals surface area contributed by atoms with Crippen LogP contribution < -0.4 is 5.32 Å². The van der Waals surface area contributed by atoms with Crippen LogP contribution in [0.4, 0.5) is 0 Å². The minimum Gasteiger partial charge on any atom is -0.313 e. The second-order valence-corrected chi connectivity index (χ2v) is 5.12. The average Bonchev–Trinajstić information content (AvgIpc) is 2.22. The summed E-state index contributed by atoms with van der Waals surface area (Å²) in [6.45, 7) is 8.67. The SMILES string of the molecule is CCCNCc1cc(Cl)ccc1CC(C)C. The van der Waals surface area contributed by atoms with Gasteiger partial charge in [-0.05, 0) is 48.6 Å². The van der Waals surface area contributed by atoms with Gasteiger partial charge in [-0.1, -0.05) is 38.4 Å². The van der Waals surface area contributed by atoms with E-state index < -0.39 is 0 Å². The lowest BCUT2D eigenvalue weighted by Gasteiger charge is -2.12. The molecule has 90 valence electrons. The van der Waals surface area contributed by atoms with Crippen molar-refractivity contribution in [3.63, 3.8) is 0 Å². The molecule has 1 aromatic rings. The van der Waals surface area contributed by atoms with Gasteiger partial charge in [-0.25, -0.2) is 0 Å². The van der Waals surface area contributed by atoms with Crippen LogP contribution >= 0.6 is 11.6 Å². The van der Waals surface area contributed by atoms with Gasteiger partial charge in [0, 0.05) is 11.6 Å². The van der Waals surface area contributed by atoms with Crippen LogP contribution in [0.2, 0.25) is 5.02 Å². The van der Waals surface area contributed by atoms with Crippen molar-refractivity contribution >= 4 is 11.6 Å². The monoisotopic (exact) mass is 239 g/mol. The Hall–Kier alpha value is -0.530. The van der Waals surface area contributed by atoms with Gasteiger partial charge >= 0.3 is 0 Å². The highest BCUT2D eigenvalue weighted by Crippen LogP contribution is 2.19. The van der Waals surface area contributed by atoms with E-state index in [-0.39, 0.29) is 0 Å². The molecule has 1 rings (SSSR count). The smallest absolute Gasteiger partial charge is 0.0409 e. The van der Waals surface area contributed by atoms with Crippen LogP contribution in [0.15, 0.2) is 18.2 Å². The Kier molecular flexibility index (Phi) is 5.86. The molecule has 1 nitrogen and oxygen atoms in total. The summed E-state index contributed by atoms with van der Waals surface area (Å²) in [6.07, 6.45) is 2.29. The first-order chi connectivity index (χ1) is 7.63. The van der Waals surface area contributed by atoms with E-state index in [1.54, 1.807) is 0 Å². The Bertz CT molecular complexity index is 321. The highest BCUT2D eigenvalue weighted by atomic mass is 35.5. The average molecular weight is 240 g/mol. The molecule has 0 amide bonds. The number of rotatable bonds is 6. The van der Waals surface area contributed by atoms with Crippen LogP contribution in [0.3, 0.4) is 0 Å².